The Balaban J connectivity index is 1.86. The van der Waals surface area contributed by atoms with Crippen molar-refractivity contribution >= 4 is 38.7 Å². The Morgan fingerprint density at radius 2 is 1.61 bits per heavy atom. The summed E-state index contributed by atoms with van der Waals surface area (Å²) in [5, 5.41) is 17.1. The first-order valence-corrected chi connectivity index (χ1v) is 10.6. The van der Waals surface area contributed by atoms with Gasteiger partial charge < -0.3 is 10.6 Å². The van der Waals surface area contributed by atoms with Crippen LogP contribution in [0.3, 0.4) is 0 Å². The van der Waals surface area contributed by atoms with Crippen LogP contribution >= 0.6 is 0 Å². The van der Waals surface area contributed by atoms with E-state index in [-0.39, 0.29) is 27.5 Å². The van der Waals surface area contributed by atoms with Crippen molar-refractivity contribution in [1.82, 2.24) is 4.31 Å². The molecule has 0 heterocycles. The van der Waals surface area contributed by atoms with Gasteiger partial charge in [0.25, 0.3) is 11.6 Å². The molecule has 0 aromatic heterocycles. The molecule has 10 heteroatoms. The van der Waals surface area contributed by atoms with Gasteiger partial charge in [0, 0.05) is 37.1 Å². The number of benzene rings is 3. The van der Waals surface area contributed by atoms with Crippen LogP contribution < -0.4 is 10.6 Å². The monoisotopic (exact) mass is 440 g/mol. The van der Waals surface area contributed by atoms with Gasteiger partial charge in [0.05, 0.1) is 9.82 Å². The minimum atomic E-state index is -3.67. The standard InChI is InChI=1S/C21H20N4O5S/c1-24(2)31(29,30)18-10-6-9-17(14-18)23-21(26)15-11-12-19(20(13-15)25(27)28)22-16-7-4-3-5-8-16/h3-14,22H,1-2H3,(H,23,26). The van der Waals surface area contributed by atoms with Gasteiger partial charge in [0.15, 0.2) is 0 Å². The van der Waals surface area contributed by atoms with E-state index < -0.39 is 20.9 Å². The number of nitro groups is 1. The predicted molar refractivity (Wildman–Crippen MR) is 118 cm³/mol. The van der Waals surface area contributed by atoms with Gasteiger partial charge in [-0.15, -0.1) is 0 Å². The third-order valence-corrected chi connectivity index (χ3v) is 6.19. The molecule has 0 fully saturated rings. The second-order valence-corrected chi connectivity index (χ2v) is 8.90. The first kappa shape index (κ1) is 21.9. The first-order chi connectivity index (χ1) is 14.7. The zero-order valence-corrected chi connectivity index (χ0v) is 17.6. The lowest BCUT2D eigenvalue weighted by atomic mass is 10.1. The van der Waals surface area contributed by atoms with Crippen molar-refractivity contribution in [3.63, 3.8) is 0 Å². The Kier molecular flexibility index (Phi) is 6.33. The quantitative estimate of drug-likeness (QED) is 0.425. The lowest BCUT2D eigenvalue weighted by Gasteiger charge is -2.13. The molecule has 160 valence electrons. The summed E-state index contributed by atoms with van der Waals surface area (Å²) in [7, 11) is -0.854. The molecule has 9 nitrogen and oxygen atoms in total. The fourth-order valence-corrected chi connectivity index (χ4v) is 3.70. The summed E-state index contributed by atoms with van der Waals surface area (Å²) in [6.45, 7) is 0. The average molecular weight is 440 g/mol. The van der Waals surface area contributed by atoms with Crippen molar-refractivity contribution in [1.29, 1.82) is 0 Å². The average Bonchev–Trinajstić information content (AvgIpc) is 2.74. The molecular formula is C21H20N4O5S. The van der Waals surface area contributed by atoms with Gasteiger partial charge >= 0.3 is 0 Å². The molecule has 0 unspecified atom stereocenters. The fraction of sp³-hybridized carbons (Fsp3) is 0.0952. The molecule has 0 bridgehead atoms. The minimum Gasteiger partial charge on any atom is -0.350 e. The Bertz CT molecular complexity index is 1230. The molecule has 0 saturated carbocycles. The predicted octanol–water partition coefficient (Wildman–Crippen LogP) is 3.84. The van der Waals surface area contributed by atoms with Crippen molar-refractivity contribution in [2.45, 2.75) is 4.90 Å². The van der Waals surface area contributed by atoms with Gasteiger partial charge in [0.2, 0.25) is 10.0 Å². The summed E-state index contributed by atoms with van der Waals surface area (Å²) < 4.78 is 25.6. The summed E-state index contributed by atoms with van der Waals surface area (Å²) >= 11 is 0. The highest BCUT2D eigenvalue weighted by molar-refractivity contribution is 7.89. The zero-order valence-electron chi connectivity index (χ0n) is 16.8. The smallest absolute Gasteiger partial charge is 0.293 e. The van der Waals surface area contributed by atoms with Crippen LogP contribution in [0.1, 0.15) is 10.4 Å². The van der Waals surface area contributed by atoms with Crippen LogP contribution in [0.4, 0.5) is 22.7 Å². The molecule has 0 spiro atoms. The van der Waals surface area contributed by atoms with Crippen molar-refractivity contribution in [3.05, 3.63) is 88.5 Å². The molecule has 0 radical (unpaired) electrons. The molecule has 1 amide bonds. The van der Waals surface area contributed by atoms with E-state index in [2.05, 4.69) is 10.6 Å². The summed E-state index contributed by atoms with van der Waals surface area (Å²) in [6, 6.07) is 18.8. The minimum absolute atomic E-state index is 0.0173. The summed E-state index contributed by atoms with van der Waals surface area (Å²) in [5.74, 6) is -0.603. The Hall–Kier alpha value is -3.76. The third-order valence-electron chi connectivity index (χ3n) is 4.38. The second kappa shape index (κ2) is 8.94. The van der Waals surface area contributed by atoms with Gasteiger partial charge in [-0.25, -0.2) is 12.7 Å². The molecule has 0 atom stereocenters. The number of hydrogen-bond acceptors (Lipinski definition) is 6. The number of nitro benzene ring substituents is 1. The highest BCUT2D eigenvalue weighted by atomic mass is 32.2. The molecule has 0 aliphatic carbocycles. The highest BCUT2D eigenvalue weighted by Gasteiger charge is 2.20. The number of nitrogens with zero attached hydrogens (tertiary/aromatic N) is 2. The largest absolute Gasteiger partial charge is 0.350 e. The number of carbonyl (C=O) groups excluding carboxylic acids is 1. The number of amides is 1. The molecule has 3 aromatic rings. The lowest BCUT2D eigenvalue weighted by Crippen LogP contribution is -2.22. The molecule has 0 aliphatic heterocycles. The molecule has 3 rings (SSSR count). The van der Waals surface area contributed by atoms with Crippen LogP contribution in [0.25, 0.3) is 0 Å². The fourth-order valence-electron chi connectivity index (χ4n) is 2.76. The number of carbonyl (C=O) groups is 1. The molecule has 0 saturated heterocycles. The molecule has 2 N–H and O–H groups in total. The summed E-state index contributed by atoms with van der Waals surface area (Å²) in [6.07, 6.45) is 0. The summed E-state index contributed by atoms with van der Waals surface area (Å²) in [5.41, 5.74) is 0.960. The maximum absolute atomic E-state index is 12.6. The van der Waals surface area contributed by atoms with Crippen LogP contribution in [0.5, 0.6) is 0 Å². The van der Waals surface area contributed by atoms with Crippen LogP contribution in [-0.2, 0) is 10.0 Å². The van der Waals surface area contributed by atoms with E-state index in [1.807, 2.05) is 6.07 Å². The second-order valence-electron chi connectivity index (χ2n) is 6.75. The van der Waals surface area contributed by atoms with Crippen molar-refractivity contribution in [2.24, 2.45) is 0 Å². The Morgan fingerprint density at radius 1 is 0.935 bits per heavy atom. The first-order valence-electron chi connectivity index (χ1n) is 9.13. The van der Waals surface area contributed by atoms with Gasteiger partial charge in [0.1, 0.15) is 5.69 Å². The topological polar surface area (TPSA) is 122 Å². The van der Waals surface area contributed by atoms with Crippen LogP contribution in [0, 0.1) is 10.1 Å². The number of nitrogens with one attached hydrogen (secondary N) is 2. The van der Waals surface area contributed by atoms with Crippen molar-refractivity contribution in [3.8, 4) is 0 Å². The van der Waals surface area contributed by atoms with E-state index in [0.29, 0.717) is 5.69 Å². The normalized spacial score (nSPS) is 11.2. The van der Waals surface area contributed by atoms with Crippen molar-refractivity contribution < 1.29 is 18.1 Å². The van der Waals surface area contributed by atoms with Crippen LogP contribution in [0.15, 0.2) is 77.7 Å². The maximum atomic E-state index is 12.6. The van der Waals surface area contributed by atoms with Crippen molar-refractivity contribution in [2.75, 3.05) is 24.7 Å². The number of rotatable bonds is 7. The number of hydrogen-bond donors (Lipinski definition) is 2. The van der Waals surface area contributed by atoms with Gasteiger partial charge in [-0.3, -0.25) is 14.9 Å². The van der Waals surface area contributed by atoms with E-state index in [1.54, 1.807) is 24.3 Å². The SMILES string of the molecule is CN(C)S(=O)(=O)c1cccc(NC(=O)c2ccc(Nc3ccccc3)c([N+](=O)[O-])c2)c1. The van der Waals surface area contributed by atoms with Gasteiger partial charge in [-0.2, -0.15) is 0 Å². The van der Waals surface area contributed by atoms with E-state index in [1.165, 1.54) is 56.6 Å². The lowest BCUT2D eigenvalue weighted by molar-refractivity contribution is -0.383. The Labute approximate surface area is 179 Å². The van der Waals surface area contributed by atoms with E-state index in [0.717, 1.165) is 4.31 Å². The van der Waals surface area contributed by atoms with E-state index in [4.69, 9.17) is 0 Å². The Morgan fingerprint density at radius 3 is 2.26 bits per heavy atom. The molecule has 0 aliphatic rings. The number of sulfonamides is 1. The van der Waals surface area contributed by atoms with E-state index in [9.17, 15) is 23.3 Å². The highest BCUT2D eigenvalue weighted by Crippen LogP contribution is 2.29. The molecule has 3 aromatic carbocycles. The third kappa shape index (κ3) is 5.05. The number of anilines is 3. The van der Waals surface area contributed by atoms with Crippen LogP contribution in [-0.4, -0.2) is 37.6 Å². The molecule has 31 heavy (non-hydrogen) atoms. The van der Waals surface area contributed by atoms with Crippen LogP contribution in [0.2, 0.25) is 0 Å². The zero-order chi connectivity index (χ0) is 22.6. The van der Waals surface area contributed by atoms with Gasteiger partial charge in [-0.05, 0) is 42.5 Å². The summed E-state index contributed by atoms with van der Waals surface area (Å²) in [4.78, 5) is 23.6. The van der Waals surface area contributed by atoms with Gasteiger partial charge in [-0.1, -0.05) is 24.3 Å². The molecular weight excluding hydrogens is 420 g/mol. The number of para-hydroxylation sites is 1. The van der Waals surface area contributed by atoms with E-state index >= 15 is 0 Å². The maximum Gasteiger partial charge on any atom is 0.293 e.